The van der Waals surface area contributed by atoms with Gasteiger partial charge >= 0.3 is 0 Å². The van der Waals surface area contributed by atoms with Gasteiger partial charge in [0.1, 0.15) is 5.82 Å². The molecule has 1 aliphatic heterocycles. The van der Waals surface area contributed by atoms with Gasteiger partial charge in [0.25, 0.3) is 0 Å². The number of halogens is 3. The van der Waals surface area contributed by atoms with Crippen molar-refractivity contribution in [3.8, 4) is 0 Å². The van der Waals surface area contributed by atoms with Gasteiger partial charge in [-0.1, -0.05) is 0 Å². The first kappa shape index (κ1) is 15.5. The van der Waals surface area contributed by atoms with E-state index in [0.717, 1.165) is 12.1 Å². The molecule has 2 heterocycles. The second-order valence-corrected chi connectivity index (χ2v) is 5.14. The second-order valence-electron chi connectivity index (χ2n) is 5.14. The zero-order valence-corrected chi connectivity index (χ0v) is 12.4. The smallest absolute Gasteiger partial charge is 0.229 e. The van der Waals surface area contributed by atoms with Crippen LogP contribution in [0.3, 0.4) is 0 Å². The van der Waals surface area contributed by atoms with Gasteiger partial charge in [-0.25, -0.2) is 18.2 Å². The lowest BCUT2D eigenvalue weighted by Crippen LogP contribution is -2.36. The van der Waals surface area contributed by atoms with E-state index in [1.165, 1.54) is 0 Å². The normalized spacial score (nSPS) is 14.9. The first-order chi connectivity index (χ1) is 11.0. The van der Waals surface area contributed by atoms with Crippen molar-refractivity contribution in [3.63, 3.8) is 0 Å². The highest BCUT2D eigenvalue weighted by molar-refractivity contribution is 5.56. The van der Waals surface area contributed by atoms with Crippen LogP contribution in [-0.4, -0.2) is 36.3 Å². The van der Waals surface area contributed by atoms with E-state index >= 15 is 0 Å². The fourth-order valence-corrected chi connectivity index (χ4v) is 2.31. The molecule has 1 fully saturated rings. The van der Waals surface area contributed by atoms with Crippen molar-refractivity contribution in [1.82, 2.24) is 9.97 Å². The van der Waals surface area contributed by atoms with Crippen LogP contribution in [0.25, 0.3) is 0 Å². The standard InChI is InChI=1S/C15H15F3N4O/c1-9-8-12(22-4-6-23-7-5-22)21-15(19-9)20-11-3-2-10(16)13(17)14(11)18/h2-3,8H,4-7H2,1H3,(H,19,20,21). The second kappa shape index (κ2) is 6.41. The molecule has 5 nitrogen and oxygen atoms in total. The number of aromatic nitrogens is 2. The molecule has 0 unspecified atom stereocenters. The summed E-state index contributed by atoms with van der Waals surface area (Å²) >= 11 is 0. The topological polar surface area (TPSA) is 50.3 Å². The molecule has 1 aliphatic rings. The molecule has 2 aromatic rings. The zero-order valence-electron chi connectivity index (χ0n) is 12.4. The summed E-state index contributed by atoms with van der Waals surface area (Å²) in [5.41, 5.74) is 0.453. The average molecular weight is 324 g/mol. The minimum absolute atomic E-state index is 0.122. The maximum absolute atomic E-state index is 13.7. The van der Waals surface area contributed by atoms with Crippen molar-refractivity contribution in [2.75, 3.05) is 36.5 Å². The molecule has 0 radical (unpaired) electrons. The van der Waals surface area contributed by atoms with E-state index in [2.05, 4.69) is 15.3 Å². The van der Waals surface area contributed by atoms with Crippen LogP contribution in [0.4, 0.5) is 30.6 Å². The quantitative estimate of drug-likeness (QED) is 0.880. The number of aryl methyl sites for hydroxylation is 1. The van der Waals surface area contributed by atoms with Gasteiger partial charge in [-0.3, -0.25) is 0 Å². The lowest BCUT2D eigenvalue weighted by molar-refractivity contribution is 0.122. The van der Waals surface area contributed by atoms with Crippen molar-refractivity contribution < 1.29 is 17.9 Å². The Morgan fingerprint density at radius 2 is 1.83 bits per heavy atom. The van der Waals surface area contributed by atoms with Crippen molar-refractivity contribution in [2.24, 2.45) is 0 Å². The molecule has 1 aromatic carbocycles. The summed E-state index contributed by atoms with van der Waals surface area (Å²) in [5, 5.41) is 2.60. The van der Waals surface area contributed by atoms with E-state index in [4.69, 9.17) is 4.74 Å². The number of nitrogens with zero attached hydrogens (tertiary/aromatic N) is 3. The van der Waals surface area contributed by atoms with Crippen LogP contribution in [0.15, 0.2) is 18.2 Å². The monoisotopic (exact) mass is 324 g/mol. The minimum Gasteiger partial charge on any atom is -0.378 e. The van der Waals surface area contributed by atoms with Gasteiger partial charge in [0.05, 0.1) is 18.9 Å². The van der Waals surface area contributed by atoms with Crippen LogP contribution in [0.2, 0.25) is 0 Å². The van der Waals surface area contributed by atoms with Gasteiger partial charge in [0.15, 0.2) is 17.5 Å². The van der Waals surface area contributed by atoms with Gasteiger partial charge in [-0.15, -0.1) is 0 Å². The molecule has 0 amide bonds. The Morgan fingerprint density at radius 1 is 1.09 bits per heavy atom. The van der Waals surface area contributed by atoms with E-state index in [1.807, 2.05) is 4.90 Å². The van der Waals surface area contributed by atoms with Crippen molar-refractivity contribution in [2.45, 2.75) is 6.92 Å². The summed E-state index contributed by atoms with van der Waals surface area (Å²) in [5.74, 6) is -3.28. The van der Waals surface area contributed by atoms with Crippen LogP contribution < -0.4 is 10.2 Å². The molecule has 1 saturated heterocycles. The molecule has 1 N–H and O–H groups in total. The Hall–Kier alpha value is -2.35. The first-order valence-corrected chi connectivity index (χ1v) is 7.13. The summed E-state index contributed by atoms with van der Waals surface area (Å²) in [4.78, 5) is 10.5. The first-order valence-electron chi connectivity index (χ1n) is 7.13. The number of hydrogen-bond donors (Lipinski definition) is 1. The molecule has 0 saturated carbocycles. The van der Waals surface area contributed by atoms with Gasteiger partial charge in [-0.05, 0) is 19.1 Å². The van der Waals surface area contributed by atoms with Crippen LogP contribution in [0.1, 0.15) is 5.69 Å². The third-order valence-electron chi connectivity index (χ3n) is 3.46. The Morgan fingerprint density at radius 3 is 2.57 bits per heavy atom. The van der Waals surface area contributed by atoms with Crippen molar-refractivity contribution in [1.29, 1.82) is 0 Å². The summed E-state index contributed by atoms with van der Waals surface area (Å²) in [6.07, 6.45) is 0. The van der Waals surface area contributed by atoms with Crippen LogP contribution in [-0.2, 0) is 4.74 Å². The highest BCUT2D eigenvalue weighted by Crippen LogP contribution is 2.23. The number of morpholine rings is 1. The molecule has 0 bridgehead atoms. The maximum atomic E-state index is 13.7. The van der Waals surface area contributed by atoms with E-state index in [9.17, 15) is 13.2 Å². The Kier molecular flexibility index (Phi) is 4.33. The average Bonchev–Trinajstić information content (AvgIpc) is 2.56. The van der Waals surface area contributed by atoms with Gasteiger partial charge < -0.3 is 15.0 Å². The van der Waals surface area contributed by atoms with E-state index < -0.39 is 17.5 Å². The van der Waals surface area contributed by atoms with Crippen LogP contribution in [0, 0.1) is 24.4 Å². The van der Waals surface area contributed by atoms with Crippen molar-refractivity contribution in [3.05, 3.63) is 41.3 Å². The number of rotatable bonds is 3. The van der Waals surface area contributed by atoms with Crippen LogP contribution >= 0.6 is 0 Å². The fraction of sp³-hybridized carbons (Fsp3) is 0.333. The zero-order chi connectivity index (χ0) is 16.4. The highest BCUT2D eigenvalue weighted by atomic mass is 19.2. The molecular weight excluding hydrogens is 309 g/mol. The molecule has 0 atom stereocenters. The van der Waals surface area contributed by atoms with E-state index in [0.29, 0.717) is 37.8 Å². The molecule has 23 heavy (non-hydrogen) atoms. The fourth-order valence-electron chi connectivity index (χ4n) is 2.31. The molecule has 0 aliphatic carbocycles. The number of hydrogen-bond acceptors (Lipinski definition) is 5. The Bertz CT molecular complexity index is 720. The third kappa shape index (κ3) is 3.37. The van der Waals surface area contributed by atoms with E-state index in [1.54, 1.807) is 13.0 Å². The van der Waals surface area contributed by atoms with Gasteiger partial charge in [0, 0.05) is 24.8 Å². The molecule has 1 aromatic heterocycles. The largest absolute Gasteiger partial charge is 0.378 e. The van der Waals surface area contributed by atoms with Gasteiger partial charge in [-0.2, -0.15) is 4.98 Å². The maximum Gasteiger partial charge on any atom is 0.229 e. The lowest BCUT2D eigenvalue weighted by Gasteiger charge is -2.28. The summed E-state index contributed by atoms with van der Waals surface area (Å²) in [6.45, 7) is 4.36. The van der Waals surface area contributed by atoms with E-state index in [-0.39, 0.29) is 11.6 Å². The SMILES string of the molecule is Cc1cc(N2CCOCC2)nc(Nc2ccc(F)c(F)c2F)n1. The highest BCUT2D eigenvalue weighted by Gasteiger charge is 2.17. The molecular formula is C15H15F3N4O. The lowest BCUT2D eigenvalue weighted by atomic mass is 10.3. The van der Waals surface area contributed by atoms with Crippen LogP contribution in [0.5, 0.6) is 0 Å². The Balaban J connectivity index is 1.88. The summed E-state index contributed by atoms with van der Waals surface area (Å²) in [6, 6.07) is 3.76. The number of benzene rings is 1. The number of ether oxygens (including phenoxy) is 1. The molecule has 3 rings (SSSR count). The minimum atomic E-state index is -1.53. The predicted octanol–water partition coefficient (Wildman–Crippen LogP) is 2.78. The predicted molar refractivity (Wildman–Crippen MR) is 79.4 cm³/mol. The van der Waals surface area contributed by atoms with Crippen molar-refractivity contribution >= 4 is 17.5 Å². The number of anilines is 3. The number of nitrogens with one attached hydrogen (secondary N) is 1. The summed E-state index contributed by atoms with van der Waals surface area (Å²) in [7, 11) is 0. The summed E-state index contributed by atoms with van der Waals surface area (Å²) < 4.78 is 45.3. The molecule has 0 spiro atoms. The molecule has 122 valence electrons. The Labute approximate surface area is 131 Å². The van der Waals surface area contributed by atoms with Gasteiger partial charge in [0.2, 0.25) is 5.95 Å². The third-order valence-corrected chi connectivity index (χ3v) is 3.46. The molecule has 8 heteroatoms.